The molecule has 1 aliphatic rings. The summed E-state index contributed by atoms with van der Waals surface area (Å²) < 4.78 is 62.5. The zero-order chi connectivity index (χ0) is 15.2. The van der Waals surface area contributed by atoms with Gasteiger partial charge in [-0.05, 0) is 30.7 Å². The Kier molecular flexibility index (Phi) is 5.94. The van der Waals surface area contributed by atoms with E-state index < -0.39 is 16.8 Å². The second-order valence-electron chi connectivity index (χ2n) is 4.31. The van der Waals surface area contributed by atoms with E-state index in [4.69, 9.17) is 12.6 Å². The molecule has 0 fully saturated rings. The highest BCUT2D eigenvalue weighted by atomic mass is 32.2. The van der Waals surface area contributed by atoms with Crippen LogP contribution in [-0.4, -0.2) is 18.8 Å². The van der Waals surface area contributed by atoms with E-state index in [1.54, 1.807) is 0 Å². The predicted octanol–water partition coefficient (Wildman–Crippen LogP) is 3.44. The van der Waals surface area contributed by atoms with Gasteiger partial charge in [-0.3, -0.25) is 0 Å². The van der Waals surface area contributed by atoms with Crippen molar-refractivity contribution in [3.05, 3.63) is 47.5 Å². The van der Waals surface area contributed by atoms with Crippen molar-refractivity contribution in [3.63, 3.8) is 0 Å². The highest BCUT2D eigenvalue weighted by Crippen LogP contribution is 2.38. The summed E-state index contributed by atoms with van der Waals surface area (Å²) in [7, 11) is -3.11. The van der Waals surface area contributed by atoms with Crippen molar-refractivity contribution < 1.29 is 25.8 Å². The van der Waals surface area contributed by atoms with Gasteiger partial charge < -0.3 is 0 Å². The molecule has 110 valence electrons. The van der Waals surface area contributed by atoms with Gasteiger partial charge in [-0.15, -0.1) is 12.6 Å². The van der Waals surface area contributed by atoms with Crippen LogP contribution in [0, 0.1) is 0 Å². The van der Waals surface area contributed by atoms with Gasteiger partial charge in [0.25, 0.3) is 0 Å². The fraction of sp³-hybridized carbons (Fsp3) is 0.385. The Morgan fingerprint density at radius 1 is 1.05 bits per heavy atom. The van der Waals surface area contributed by atoms with E-state index in [0.29, 0.717) is 12.8 Å². The molecule has 20 heavy (non-hydrogen) atoms. The Hall–Kier alpha value is -1.63. The number of alkyl halides is 3. The minimum Gasteiger partial charge on any atom is -0.166 e. The Bertz CT molecular complexity index is 555. The van der Waals surface area contributed by atoms with Gasteiger partial charge >= 0.3 is 16.8 Å². The average molecular weight is 306 g/mol. The molecule has 1 atom stereocenters. The molecule has 0 N–H and O–H groups in total. The highest BCUT2D eigenvalue weighted by molar-refractivity contribution is 7.59. The maximum atomic E-state index is 12.4. The maximum Gasteiger partial charge on any atom is 0.425 e. The lowest BCUT2D eigenvalue weighted by atomic mass is 9.84. The van der Waals surface area contributed by atoms with Crippen LogP contribution in [0.3, 0.4) is 0 Å². The molecule has 0 radical (unpaired) electrons. The normalized spacial score (nSPS) is 18.6. The van der Waals surface area contributed by atoms with Gasteiger partial charge in [-0.1, -0.05) is 36.4 Å². The molecule has 2 rings (SSSR count). The van der Waals surface area contributed by atoms with Crippen LogP contribution in [0.1, 0.15) is 30.7 Å². The molecular weight excluding hydrogens is 293 g/mol. The summed E-state index contributed by atoms with van der Waals surface area (Å²) in [5, 5.41) is 0. The van der Waals surface area contributed by atoms with E-state index in [1.165, 1.54) is 6.08 Å². The molecule has 1 aliphatic carbocycles. The van der Waals surface area contributed by atoms with Crippen LogP contribution in [0.2, 0.25) is 0 Å². The van der Waals surface area contributed by atoms with Gasteiger partial charge in [0.1, 0.15) is 0 Å². The van der Waals surface area contributed by atoms with Crippen molar-refractivity contribution in [2.75, 3.05) is 0 Å². The summed E-state index contributed by atoms with van der Waals surface area (Å²) in [5.41, 5.74) is 0.777. The molecule has 7 heteroatoms. The molecule has 0 aromatic heterocycles. The van der Waals surface area contributed by atoms with Gasteiger partial charge in [0.05, 0.1) is 0 Å². The number of halogens is 3. The third-order valence-electron chi connectivity index (χ3n) is 3.05. The van der Waals surface area contributed by atoms with Crippen LogP contribution in [0.15, 0.2) is 42.0 Å². The topological polar surface area (TPSA) is 51.2 Å². The van der Waals surface area contributed by atoms with Gasteiger partial charge in [0.2, 0.25) is 0 Å². The van der Waals surface area contributed by atoms with E-state index >= 15 is 0 Å². The predicted molar refractivity (Wildman–Crippen MR) is 66.9 cm³/mol. The fourth-order valence-corrected chi connectivity index (χ4v) is 2.12. The summed E-state index contributed by atoms with van der Waals surface area (Å²) in [4.78, 5) is 0. The van der Waals surface area contributed by atoms with Crippen molar-refractivity contribution in [2.45, 2.75) is 31.4 Å². The molecule has 0 spiro atoms. The third kappa shape index (κ3) is 5.56. The van der Waals surface area contributed by atoms with Gasteiger partial charge in [0.15, 0.2) is 0 Å². The monoisotopic (exact) mass is 306 g/mol. The largest absolute Gasteiger partial charge is 0.425 e. The first kappa shape index (κ1) is 16.4. The zero-order valence-corrected chi connectivity index (χ0v) is 11.2. The molecule has 0 aliphatic heterocycles. The van der Waals surface area contributed by atoms with Crippen LogP contribution in [0.5, 0.6) is 0 Å². The maximum absolute atomic E-state index is 12.4. The molecule has 1 unspecified atom stereocenters. The summed E-state index contributed by atoms with van der Waals surface area (Å²) in [5.74, 6) is 0.243. The molecule has 0 saturated heterocycles. The van der Waals surface area contributed by atoms with Crippen molar-refractivity contribution in [2.24, 2.45) is 0 Å². The summed E-state index contributed by atoms with van der Waals surface area (Å²) in [6.07, 6.45) is -1.56. The Morgan fingerprint density at radius 3 is 2.00 bits per heavy atom. The smallest absolute Gasteiger partial charge is 0.166 e. The lowest BCUT2D eigenvalue weighted by molar-refractivity contribution is -0.0952. The molecule has 0 saturated carbocycles. The lowest BCUT2D eigenvalue weighted by Gasteiger charge is -2.23. The van der Waals surface area contributed by atoms with Crippen LogP contribution in [0.4, 0.5) is 13.2 Å². The number of rotatable bonds is 1. The van der Waals surface area contributed by atoms with Crippen LogP contribution >= 0.6 is 0 Å². The van der Waals surface area contributed by atoms with Crippen molar-refractivity contribution in [1.82, 2.24) is 0 Å². The quantitative estimate of drug-likeness (QED) is 0.747. The molecule has 1 aromatic rings. The standard InChI is InChI=1S/C13H13F3.O3S/c14-13(15,16)12-8-6-11(7-9-12)10-4-2-1-3-5-10;1-4(2)3/h1-5,8,11H,6-7,9H2;. The third-order valence-corrected chi connectivity index (χ3v) is 3.05. The molecular formula is C13H13F3O3S. The number of hydrogen-bond donors (Lipinski definition) is 0. The van der Waals surface area contributed by atoms with Crippen LogP contribution < -0.4 is 0 Å². The van der Waals surface area contributed by atoms with Gasteiger partial charge in [0, 0.05) is 5.57 Å². The Morgan fingerprint density at radius 2 is 1.60 bits per heavy atom. The zero-order valence-electron chi connectivity index (χ0n) is 10.4. The Labute approximate surface area is 116 Å². The summed E-state index contributed by atoms with van der Waals surface area (Å²) in [6, 6.07) is 9.74. The average Bonchev–Trinajstić information content (AvgIpc) is 2.38. The summed E-state index contributed by atoms with van der Waals surface area (Å²) in [6.45, 7) is 0. The van der Waals surface area contributed by atoms with Crippen LogP contribution in [0.25, 0.3) is 0 Å². The van der Waals surface area contributed by atoms with E-state index in [9.17, 15) is 13.2 Å². The fourth-order valence-electron chi connectivity index (χ4n) is 2.12. The number of benzene rings is 1. The molecule has 0 bridgehead atoms. The van der Waals surface area contributed by atoms with E-state index in [2.05, 4.69) is 0 Å². The minimum atomic E-state index is -4.14. The van der Waals surface area contributed by atoms with Crippen LogP contribution in [-0.2, 0) is 10.6 Å². The molecule has 0 amide bonds. The Balaban J connectivity index is 0.000000444. The number of allylic oxidation sites excluding steroid dienone is 2. The first-order valence-corrected chi connectivity index (χ1v) is 6.88. The van der Waals surface area contributed by atoms with Crippen molar-refractivity contribution in [3.8, 4) is 0 Å². The van der Waals surface area contributed by atoms with E-state index in [1.807, 2.05) is 30.3 Å². The lowest BCUT2D eigenvalue weighted by Crippen LogP contribution is -2.16. The first-order chi connectivity index (χ1) is 9.30. The molecule has 1 aromatic carbocycles. The highest BCUT2D eigenvalue weighted by Gasteiger charge is 2.35. The van der Waals surface area contributed by atoms with E-state index in [-0.39, 0.29) is 17.9 Å². The first-order valence-electron chi connectivity index (χ1n) is 5.88. The van der Waals surface area contributed by atoms with E-state index in [0.717, 1.165) is 5.56 Å². The van der Waals surface area contributed by atoms with Gasteiger partial charge in [-0.25, -0.2) is 0 Å². The van der Waals surface area contributed by atoms with Crippen molar-refractivity contribution >= 4 is 10.6 Å². The van der Waals surface area contributed by atoms with Crippen molar-refractivity contribution in [1.29, 1.82) is 0 Å². The second kappa shape index (κ2) is 7.23. The SMILES string of the molecule is FC(F)(F)C1=CCC(c2ccccc2)CC1.O=S(=O)=O. The minimum absolute atomic E-state index is 0.142. The molecule has 3 nitrogen and oxygen atoms in total. The molecule has 0 heterocycles. The number of hydrogen-bond acceptors (Lipinski definition) is 3. The van der Waals surface area contributed by atoms with Gasteiger partial charge in [-0.2, -0.15) is 13.2 Å². The second-order valence-corrected chi connectivity index (χ2v) is 4.72. The summed E-state index contributed by atoms with van der Waals surface area (Å²) >= 11 is 0.